The predicted molar refractivity (Wildman–Crippen MR) is 44.8 cm³/mol. The molecule has 3 unspecified atom stereocenters. The summed E-state index contributed by atoms with van der Waals surface area (Å²) in [5, 5.41) is 0. The first kappa shape index (κ1) is 9.30. The maximum absolute atomic E-state index is 5.62. The van der Waals surface area contributed by atoms with E-state index in [-0.39, 0.29) is 12.4 Å². The predicted octanol–water partition coefficient (Wildman–Crippen LogP) is 2.01. The average molecular weight is 179 g/mol. The van der Waals surface area contributed by atoms with E-state index in [9.17, 15) is 0 Å². The van der Waals surface area contributed by atoms with Crippen molar-refractivity contribution in [1.29, 1.82) is 0 Å². The van der Waals surface area contributed by atoms with Crippen LogP contribution < -0.4 is 0 Å². The van der Waals surface area contributed by atoms with E-state index in [1.807, 2.05) is 0 Å². The van der Waals surface area contributed by atoms with E-state index in [4.69, 9.17) is 21.1 Å². The third-order valence-corrected chi connectivity index (χ3v) is 2.06. The van der Waals surface area contributed by atoms with Gasteiger partial charge in [-0.25, -0.2) is 0 Å². The molecule has 2 nitrogen and oxygen atoms in total. The molecule has 1 fully saturated rings. The third-order valence-electron chi connectivity index (χ3n) is 1.81. The number of hydrogen-bond acceptors (Lipinski definition) is 2. The van der Waals surface area contributed by atoms with Gasteiger partial charge in [-0.1, -0.05) is 6.92 Å². The molecule has 1 aliphatic rings. The highest BCUT2D eigenvalue weighted by Gasteiger charge is 2.20. The summed E-state index contributed by atoms with van der Waals surface area (Å²) in [4.78, 5) is 0. The number of alkyl halides is 1. The van der Waals surface area contributed by atoms with Crippen LogP contribution in [-0.2, 0) is 9.47 Å². The smallest absolute Gasteiger partial charge is 0.171 e. The highest BCUT2D eigenvalue weighted by molar-refractivity contribution is 6.18. The second-order valence-electron chi connectivity index (χ2n) is 3.20. The molecule has 0 aromatic rings. The molecule has 3 heteroatoms. The van der Waals surface area contributed by atoms with Crippen LogP contribution in [0.15, 0.2) is 0 Å². The first-order chi connectivity index (χ1) is 5.22. The Morgan fingerprint density at radius 3 is 2.82 bits per heavy atom. The first-order valence-electron chi connectivity index (χ1n) is 4.05. The molecule has 0 spiro atoms. The zero-order valence-electron chi connectivity index (χ0n) is 7.05. The lowest BCUT2D eigenvalue weighted by atomic mass is 10.1. The number of rotatable bonds is 1. The average Bonchev–Trinajstić information content (AvgIpc) is 2.11. The molecule has 0 saturated carbocycles. The fourth-order valence-corrected chi connectivity index (χ4v) is 1.50. The van der Waals surface area contributed by atoms with E-state index >= 15 is 0 Å². The Kier molecular flexibility index (Phi) is 3.63. The number of ether oxygens (including phenoxy) is 2. The Balaban J connectivity index is 2.39. The minimum absolute atomic E-state index is 0.198. The zero-order chi connectivity index (χ0) is 8.27. The molecule has 1 heterocycles. The van der Waals surface area contributed by atoms with Crippen molar-refractivity contribution in [3.63, 3.8) is 0 Å². The van der Waals surface area contributed by atoms with Gasteiger partial charge in [0.1, 0.15) is 0 Å². The molecular weight excluding hydrogens is 164 g/mol. The van der Waals surface area contributed by atoms with Crippen molar-refractivity contribution >= 4 is 11.6 Å². The van der Waals surface area contributed by atoms with Crippen LogP contribution >= 0.6 is 11.6 Å². The molecule has 0 aromatic heterocycles. The normalized spacial score (nSPS) is 40.1. The van der Waals surface area contributed by atoms with Crippen molar-refractivity contribution in [2.24, 2.45) is 5.92 Å². The summed E-state index contributed by atoms with van der Waals surface area (Å²) in [5.74, 6) is 1.01. The van der Waals surface area contributed by atoms with Crippen LogP contribution in [0.25, 0.3) is 0 Å². The first-order valence-corrected chi connectivity index (χ1v) is 4.59. The van der Waals surface area contributed by atoms with Gasteiger partial charge in [-0.3, -0.25) is 0 Å². The Morgan fingerprint density at radius 2 is 2.18 bits per heavy atom. The zero-order valence-corrected chi connectivity index (χ0v) is 7.80. The lowest BCUT2D eigenvalue weighted by Gasteiger charge is -2.15. The third kappa shape index (κ3) is 2.97. The molecule has 0 bridgehead atoms. The molecule has 1 aliphatic heterocycles. The van der Waals surface area contributed by atoms with Crippen molar-refractivity contribution in [2.45, 2.75) is 32.7 Å². The lowest BCUT2D eigenvalue weighted by molar-refractivity contribution is -0.135. The maximum Gasteiger partial charge on any atom is 0.171 e. The Morgan fingerprint density at radius 1 is 1.45 bits per heavy atom. The molecule has 0 radical (unpaired) electrons. The summed E-state index contributed by atoms with van der Waals surface area (Å²) in [7, 11) is 0. The van der Waals surface area contributed by atoms with Crippen molar-refractivity contribution in [3.05, 3.63) is 0 Å². The molecule has 11 heavy (non-hydrogen) atoms. The van der Waals surface area contributed by atoms with E-state index < -0.39 is 0 Å². The van der Waals surface area contributed by atoms with Crippen molar-refractivity contribution in [3.8, 4) is 0 Å². The summed E-state index contributed by atoms with van der Waals surface area (Å²) in [6.45, 7) is 4.99. The van der Waals surface area contributed by atoms with Gasteiger partial charge in [0.25, 0.3) is 0 Å². The van der Waals surface area contributed by atoms with E-state index in [1.54, 1.807) is 0 Å². The Hall–Kier alpha value is 0.210. The van der Waals surface area contributed by atoms with Gasteiger partial charge < -0.3 is 9.47 Å². The number of hydrogen-bond donors (Lipinski definition) is 0. The second kappa shape index (κ2) is 4.29. The summed E-state index contributed by atoms with van der Waals surface area (Å²) in [6.07, 6.45) is 1.14. The van der Waals surface area contributed by atoms with Crippen LogP contribution in [0.5, 0.6) is 0 Å². The number of halogens is 1. The van der Waals surface area contributed by atoms with Gasteiger partial charge in [-0.2, -0.15) is 0 Å². The SMILES string of the molecule is CC1COC(CCl)OC(C)C1. The van der Waals surface area contributed by atoms with Gasteiger partial charge >= 0.3 is 0 Å². The standard InChI is InChI=1S/C8H15ClO2/c1-6-3-7(2)11-8(4-9)10-5-6/h6-8H,3-5H2,1-2H3. The molecule has 0 aliphatic carbocycles. The summed E-state index contributed by atoms with van der Waals surface area (Å²) < 4.78 is 10.9. The second-order valence-corrected chi connectivity index (χ2v) is 3.51. The minimum atomic E-state index is -0.198. The van der Waals surface area contributed by atoms with Gasteiger partial charge in [0.05, 0.1) is 18.6 Å². The monoisotopic (exact) mass is 178 g/mol. The highest BCUT2D eigenvalue weighted by Crippen LogP contribution is 2.17. The van der Waals surface area contributed by atoms with Crippen LogP contribution in [-0.4, -0.2) is 24.9 Å². The summed E-state index contributed by atoms with van der Waals surface area (Å²) >= 11 is 5.62. The summed E-state index contributed by atoms with van der Waals surface area (Å²) in [5.41, 5.74) is 0. The van der Waals surface area contributed by atoms with Crippen LogP contribution in [0, 0.1) is 5.92 Å². The molecule has 66 valence electrons. The van der Waals surface area contributed by atoms with E-state index in [1.165, 1.54) is 0 Å². The maximum atomic E-state index is 5.62. The van der Waals surface area contributed by atoms with Crippen LogP contribution in [0.1, 0.15) is 20.3 Å². The van der Waals surface area contributed by atoms with E-state index in [0.29, 0.717) is 11.8 Å². The molecular formula is C8H15ClO2. The van der Waals surface area contributed by atoms with Crippen LogP contribution in [0.4, 0.5) is 0 Å². The topological polar surface area (TPSA) is 18.5 Å². The molecule has 3 atom stereocenters. The Labute approximate surface area is 72.8 Å². The fraction of sp³-hybridized carbons (Fsp3) is 1.00. The quantitative estimate of drug-likeness (QED) is 0.572. The van der Waals surface area contributed by atoms with Gasteiger partial charge in [0.2, 0.25) is 0 Å². The molecule has 1 saturated heterocycles. The fourth-order valence-electron chi connectivity index (χ4n) is 1.34. The molecule has 0 aromatic carbocycles. The van der Waals surface area contributed by atoms with Gasteiger partial charge in [-0.15, -0.1) is 11.6 Å². The van der Waals surface area contributed by atoms with Crippen LogP contribution in [0.3, 0.4) is 0 Å². The largest absolute Gasteiger partial charge is 0.351 e. The molecule has 0 N–H and O–H groups in total. The van der Waals surface area contributed by atoms with Gasteiger partial charge in [0, 0.05) is 0 Å². The van der Waals surface area contributed by atoms with Crippen LogP contribution in [0.2, 0.25) is 0 Å². The highest BCUT2D eigenvalue weighted by atomic mass is 35.5. The van der Waals surface area contributed by atoms with E-state index in [0.717, 1.165) is 13.0 Å². The lowest BCUT2D eigenvalue weighted by Crippen LogP contribution is -2.21. The van der Waals surface area contributed by atoms with Crippen molar-refractivity contribution in [2.75, 3.05) is 12.5 Å². The Bertz CT molecular complexity index is 119. The molecule has 1 rings (SSSR count). The van der Waals surface area contributed by atoms with Crippen molar-refractivity contribution < 1.29 is 9.47 Å². The molecule has 0 amide bonds. The summed E-state index contributed by atoms with van der Waals surface area (Å²) in [6, 6.07) is 0. The minimum Gasteiger partial charge on any atom is -0.351 e. The van der Waals surface area contributed by atoms with Gasteiger partial charge in [-0.05, 0) is 19.3 Å². The van der Waals surface area contributed by atoms with Crippen molar-refractivity contribution in [1.82, 2.24) is 0 Å². The van der Waals surface area contributed by atoms with E-state index in [2.05, 4.69) is 13.8 Å². The van der Waals surface area contributed by atoms with Gasteiger partial charge in [0.15, 0.2) is 6.29 Å².